The lowest BCUT2D eigenvalue weighted by atomic mass is 9.88. The van der Waals surface area contributed by atoms with Crippen molar-refractivity contribution in [1.29, 1.82) is 0 Å². The van der Waals surface area contributed by atoms with Gasteiger partial charge in [-0.1, -0.05) is 72.8 Å². The van der Waals surface area contributed by atoms with Crippen LogP contribution >= 0.6 is 15.9 Å². The van der Waals surface area contributed by atoms with Gasteiger partial charge in [0.15, 0.2) is 0 Å². The van der Waals surface area contributed by atoms with E-state index in [1.165, 1.54) is 0 Å². The molecule has 0 spiro atoms. The Morgan fingerprint density at radius 3 is 1.86 bits per heavy atom. The molecule has 2 amide bonds. The summed E-state index contributed by atoms with van der Waals surface area (Å²) < 4.78 is 0.794. The van der Waals surface area contributed by atoms with Crippen LogP contribution in [-0.4, -0.2) is 18.4 Å². The zero-order valence-electron chi connectivity index (χ0n) is 15.3. The van der Waals surface area contributed by atoms with Crippen LogP contribution in [0.1, 0.15) is 23.5 Å². The summed E-state index contributed by atoms with van der Waals surface area (Å²) in [5.74, 6) is -0.495. The maximum atomic E-state index is 12.5. The van der Waals surface area contributed by atoms with E-state index in [9.17, 15) is 9.59 Å². The predicted molar refractivity (Wildman–Crippen MR) is 115 cm³/mol. The van der Waals surface area contributed by atoms with Crippen molar-refractivity contribution >= 4 is 33.4 Å². The molecule has 0 aliphatic heterocycles. The van der Waals surface area contributed by atoms with Crippen LogP contribution in [0.4, 0.5) is 5.69 Å². The Bertz CT molecular complexity index is 890. The van der Waals surface area contributed by atoms with E-state index in [4.69, 9.17) is 0 Å². The molecular formula is C23H21BrN2O2. The number of amides is 2. The Kier molecular flexibility index (Phi) is 6.98. The van der Waals surface area contributed by atoms with Gasteiger partial charge in [0.25, 0.3) is 0 Å². The highest BCUT2D eigenvalue weighted by atomic mass is 79.9. The van der Waals surface area contributed by atoms with E-state index < -0.39 is 0 Å². The van der Waals surface area contributed by atoms with Gasteiger partial charge in [-0.2, -0.15) is 0 Å². The van der Waals surface area contributed by atoms with Crippen LogP contribution in [0.25, 0.3) is 0 Å². The molecule has 142 valence electrons. The van der Waals surface area contributed by atoms with E-state index in [0.717, 1.165) is 15.6 Å². The number of carbonyl (C=O) groups is 2. The van der Waals surface area contributed by atoms with Crippen LogP contribution < -0.4 is 10.6 Å². The molecule has 0 saturated carbocycles. The molecule has 2 N–H and O–H groups in total. The molecule has 28 heavy (non-hydrogen) atoms. The fourth-order valence-corrected chi connectivity index (χ4v) is 3.38. The molecule has 0 bridgehead atoms. The third kappa shape index (κ3) is 5.54. The van der Waals surface area contributed by atoms with Gasteiger partial charge in [0, 0.05) is 16.8 Å². The average molecular weight is 437 g/mol. The minimum Gasteiger partial charge on any atom is -0.347 e. The largest absolute Gasteiger partial charge is 0.347 e. The summed E-state index contributed by atoms with van der Waals surface area (Å²) in [5.41, 5.74) is 2.82. The molecule has 0 aromatic heterocycles. The molecule has 0 atom stereocenters. The highest BCUT2D eigenvalue weighted by molar-refractivity contribution is 9.10. The predicted octanol–water partition coefficient (Wildman–Crippen LogP) is 4.73. The number of benzene rings is 3. The lowest BCUT2D eigenvalue weighted by Crippen LogP contribution is -2.33. The highest BCUT2D eigenvalue weighted by Crippen LogP contribution is 2.27. The number of carbonyl (C=O) groups excluding carboxylic acids is 2. The van der Waals surface area contributed by atoms with Crippen molar-refractivity contribution < 1.29 is 9.59 Å². The number of nitrogens with one attached hydrogen (secondary N) is 2. The Morgan fingerprint density at radius 1 is 0.750 bits per heavy atom. The van der Waals surface area contributed by atoms with E-state index >= 15 is 0 Å². The van der Waals surface area contributed by atoms with Crippen LogP contribution in [0, 0.1) is 0 Å². The molecule has 0 unspecified atom stereocenters. The van der Waals surface area contributed by atoms with Gasteiger partial charge in [-0.3, -0.25) is 9.59 Å². The molecule has 0 radical (unpaired) electrons. The molecule has 0 aliphatic rings. The fourth-order valence-electron chi connectivity index (χ4n) is 2.99. The summed E-state index contributed by atoms with van der Waals surface area (Å²) in [6.07, 6.45) is 0.274. The van der Waals surface area contributed by atoms with Gasteiger partial charge in [0.05, 0.1) is 12.2 Å². The summed E-state index contributed by atoms with van der Waals surface area (Å²) >= 11 is 3.39. The fraction of sp³-hybridized carbons (Fsp3) is 0.130. The van der Waals surface area contributed by atoms with Crippen LogP contribution in [0.2, 0.25) is 0 Å². The maximum Gasteiger partial charge on any atom is 0.243 e. The van der Waals surface area contributed by atoms with Crippen LogP contribution in [0.5, 0.6) is 0 Å². The smallest absolute Gasteiger partial charge is 0.243 e. The summed E-state index contributed by atoms with van der Waals surface area (Å²) in [4.78, 5) is 24.7. The SMILES string of the molecule is O=C(CC(c1ccccc1)c1ccccc1)NCC(=O)Nc1ccccc1Br. The lowest BCUT2D eigenvalue weighted by Gasteiger charge is -2.18. The molecule has 4 nitrogen and oxygen atoms in total. The number of para-hydroxylation sites is 1. The zero-order chi connectivity index (χ0) is 19.8. The second kappa shape index (κ2) is 9.85. The molecule has 3 aromatic rings. The number of hydrogen-bond donors (Lipinski definition) is 2. The Balaban J connectivity index is 1.61. The lowest BCUT2D eigenvalue weighted by molar-refractivity contribution is -0.124. The van der Waals surface area contributed by atoms with Crippen molar-refractivity contribution in [2.45, 2.75) is 12.3 Å². The van der Waals surface area contributed by atoms with Gasteiger partial charge in [-0.25, -0.2) is 0 Å². The van der Waals surface area contributed by atoms with Gasteiger partial charge in [0.2, 0.25) is 11.8 Å². The third-order valence-electron chi connectivity index (χ3n) is 4.39. The standard InChI is InChI=1S/C23H21BrN2O2/c24-20-13-7-8-14-21(20)26-23(28)16-25-22(27)15-19(17-9-3-1-4-10-17)18-11-5-2-6-12-18/h1-14,19H,15-16H2,(H,25,27)(H,26,28). The second-order valence-corrected chi connectivity index (χ2v) is 7.24. The second-order valence-electron chi connectivity index (χ2n) is 6.38. The number of hydrogen-bond acceptors (Lipinski definition) is 2. The zero-order valence-corrected chi connectivity index (χ0v) is 16.9. The molecule has 5 heteroatoms. The van der Waals surface area contributed by atoms with Crippen molar-refractivity contribution in [3.05, 3.63) is 101 Å². The quantitative estimate of drug-likeness (QED) is 0.562. The number of anilines is 1. The van der Waals surface area contributed by atoms with Crippen LogP contribution in [0.3, 0.4) is 0 Å². The summed E-state index contributed by atoms with van der Waals surface area (Å²) in [5, 5.41) is 5.51. The first kappa shape index (κ1) is 19.8. The number of halogens is 1. The van der Waals surface area contributed by atoms with Gasteiger partial charge in [0.1, 0.15) is 0 Å². The highest BCUT2D eigenvalue weighted by Gasteiger charge is 2.18. The minimum absolute atomic E-state index is 0.0614. The molecule has 3 aromatic carbocycles. The summed E-state index contributed by atoms with van der Waals surface area (Å²) in [7, 11) is 0. The van der Waals surface area contributed by atoms with Crippen molar-refractivity contribution in [3.8, 4) is 0 Å². The Hall–Kier alpha value is -2.92. The normalized spacial score (nSPS) is 10.5. The third-order valence-corrected chi connectivity index (χ3v) is 5.08. The van der Waals surface area contributed by atoms with E-state index in [0.29, 0.717) is 5.69 Å². The maximum absolute atomic E-state index is 12.5. The van der Waals surface area contributed by atoms with E-state index in [-0.39, 0.29) is 30.7 Å². The van der Waals surface area contributed by atoms with Crippen molar-refractivity contribution in [2.24, 2.45) is 0 Å². The topological polar surface area (TPSA) is 58.2 Å². The van der Waals surface area contributed by atoms with Crippen molar-refractivity contribution in [1.82, 2.24) is 5.32 Å². The van der Waals surface area contributed by atoms with Crippen molar-refractivity contribution in [2.75, 3.05) is 11.9 Å². The molecule has 0 fully saturated rings. The molecule has 0 saturated heterocycles. The first-order valence-corrected chi connectivity index (χ1v) is 9.84. The molecular weight excluding hydrogens is 416 g/mol. The Labute approximate surface area is 173 Å². The number of rotatable bonds is 7. The van der Waals surface area contributed by atoms with Gasteiger partial charge in [-0.05, 0) is 39.2 Å². The minimum atomic E-state index is -0.267. The average Bonchev–Trinajstić information content (AvgIpc) is 2.73. The van der Waals surface area contributed by atoms with E-state index in [1.807, 2.05) is 78.9 Å². The van der Waals surface area contributed by atoms with Crippen molar-refractivity contribution in [3.63, 3.8) is 0 Å². The van der Waals surface area contributed by atoms with Gasteiger partial charge in [-0.15, -0.1) is 0 Å². The molecule has 0 heterocycles. The van der Waals surface area contributed by atoms with Gasteiger partial charge < -0.3 is 10.6 Å². The molecule has 0 aliphatic carbocycles. The first-order valence-electron chi connectivity index (χ1n) is 9.04. The summed E-state index contributed by atoms with van der Waals surface area (Å²) in [6.45, 7) is -0.0729. The molecule has 3 rings (SSSR count). The summed E-state index contributed by atoms with van der Waals surface area (Å²) in [6, 6.07) is 27.2. The van der Waals surface area contributed by atoms with E-state index in [1.54, 1.807) is 6.07 Å². The van der Waals surface area contributed by atoms with E-state index in [2.05, 4.69) is 26.6 Å². The Morgan fingerprint density at radius 2 is 1.29 bits per heavy atom. The van der Waals surface area contributed by atoms with Crippen LogP contribution in [0.15, 0.2) is 89.4 Å². The monoisotopic (exact) mass is 436 g/mol. The first-order chi connectivity index (χ1) is 13.6. The van der Waals surface area contributed by atoms with Gasteiger partial charge >= 0.3 is 0 Å². The van der Waals surface area contributed by atoms with Crippen LogP contribution in [-0.2, 0) is 9.59 Å².